The predicted molar refractivity (Wildman–Crippen MR) is 97.2 cm³/mol. The number of amides is 3. The first-order chi connectivity index (χ1) is 12.8. The van der Waals surface area contributed by atoms with E-state index in [1.807, 2.05) is 0 Å². The second-order valence-corrected chi connectivity index (χ2v) is 6.42. The van der Waals surface area contributed by atoms with Crippen LogP contribution in [0.3, 0.4) is 0 Å². The number of carbonyl (C=O) groups is 4. The maximum Gasteiger partial charge on any atom is 0.255 e. The lowest BCUT2D eigenvalue weighted by atomic mass is 10.0. The minimum atomic E-state index is -0.828. The molecule has 1 atom stereocenters. The molecule has 1 aliphatic rings. The summed E-state index contributed by atoms with van der Waals surface area (Å²) in [6.45, 7) is 1.09. The molecule has 8 nitrogen and oxygen atoms in total. The van der Waals surface area contributed by atoms with E-state index in [4.69, 9.17) is 0 Å². The Balaban J connectivity index is 2.34. The molecule has 1 aromatic carbocycles. The Labute approximate surface area is 156 Å². The first-order valence-corrected chi connectivity index (χ1v) is 8.55. The highest BCUT2D eigenvalue weighted by Crippen LogP contribution is 2.24. The molecule has 0 bridgehead atoms. The Morgan fingerprint density at radius 2 is 2.07 bits per heavy atom. The number of rotatable bonds is 7. The van der Waals surface area contributed by atoms with Crippen molar-refractivity contribution < 1.29 is 23.6 Å². The van der Waals surface area contributed by atoms with Crippen molar-refractivity contribution in [3.8, 4) is 0 Å². The number of halogens is 1. The van der Waals surface area contributed by atoms with Crippen molar-refractivity contribution in [1.29, 1.82) is 0 Å². The number of benzene rings is 1. The van der Waals surface area contributed by atoms with Gasteiger partial charge in [-0.15, -0.1) is 0 Å². The third-order valence-electron chi connectivity index (χ3n) is 4.58. The van der Waals surface area contributed by atoms with Gasteiger partial charge in [0.05, 0.1) is 11.3 Å². The third kappa shape index (κ3) is 4.48. The fraction of sp³-hybridized carbons (Fsp3) is 0.444. The molecule has 3 amide bonds. The molecule has 1 saturated heterocycles. The first kappa shape index (κ1) is 20.5. The monoisotopic (exact) mass is 378 g/mol. The fourth-order valence-corrected chi connectivity index (χ4v) is 2.94. The molecule has 0 spiro atoms. The molecule has 1 fully saturated rings. The second-order valence-electron chi connectivity index (χ2n) is 6.42. The predicted octanol–water partition coefficient (Wildman–Crippen LogP) is 0.171. The average Bonchev–Trinajstić information content (AvgIpc) is 2.64. The molecule has 2 N–H and O–H groups in total. The van der Waals surface area contributed by atoms with Crippen molar-refractivity contribution >= 4 is 29.7 Å². The van der Waals surface area contributed by atoms with Gasteiger partial charge in [0.15, 0.2) is 6.29 Å². The van der Waals surface area contributed by atoms with E-state index in [2.05, 4.69) is 10.6 Å². The summed E-state index contributed by atoms with van der Waals surface area (Å²) in [5.41, 5.74) is 0.0863. The van der Waals surface area contributed by atoms with Crippen LogP contribution in [0.1, 0.15) is 33.6 Å². The van der Waals surface area contributed by atoms with Crippen molar-refractivity contribution in [2.75, 3.05) is 39.1 Å². The van der Waals surface area contributed by atoms with Gasteiger partial charge in [-0.3, -0.25) is 24.5 Å². The standard InChI is InChI=1S/C18H23FN4O4/c1-20-6-7-22(2)15-9-12(11(10-24)8-13(15)19)18(27)23(3)14-4-5-16(25)21-17(14)26/h8-10,14,20H,4-7H2,1-3H3,(H,21,25,26). The van der Waals surface area contributed by atoms with Crippen LogP contribution in [-0.4, -0.2) is 69.2 Å². The van der Waals surface area contributed by atoms with Crippen LogP contribution in [0, 0.1) is 5.82 Å². The van der Waals surface area contributed by atoms with Crippen molar-refractivity contribution in [3.05, 3.63) is 29.1 Å². The van der Waals surface area contributed by atoms with E-state index < -0.39 is 23.7 Å². The Morgan fingerprint density at radius 3 is 2.67 bits per heavy atom. The van der Waals surface area contributed by atoms with Crippen LogP contribution in [-0.2, 0) is 9.59 Å². The normalized spacial score (nSPS) is 16.7. The Bertz CT molecular complexity index is 768. The molecule has 1 aliphatic heterocycles. The van der Waals surface area contributed by atoms with Crippen molar-refractivity contribution in [2.45, 2.75) is 18.9 Å². The molecule has 0 aromatic heterocycles. The summed E-state index contributed by atoms with van der Waals surface area (Å²) in [6.07, 6.45) is 0.724. The van der Waals surface area contributed by atoms with Gasteiger partial charge in [-0.1, -0.05) is 0 Å². The molecule has 1 heterocycles. The van der Waals surface area contributed by atoms with Gasteiger partial charge < -0.3 is 15.1 Å². The van der Waals surface area contributed by atoms with Crippen molar-refractivity contribution in [1.82, 2.24) is 15.5 Å². The van der Waals surface area contributed by atoms with Crippen LogP contribution in [0.2, 0.25) is 0 Å². The zero-order valence-corrected chi connectivity index (χ0v) is 15.5. The van der Waals surface area contributed by atoms with Gasteiger partial charge in [0.1, 0.15) is 11.9 Å². The topological polar surface area (TPSA) is 98.8 Å². The average molecular weight is 378 g/mol. The summed E-state index contributed by atoms with van der Waals surface area (Å²) in [6, 6.07) is 1.51. The van der Waals surface area contributed by atoms with Crippen molar-refractivity contribution in [2.24, 2.45) is 0 Å². The first-order valence-electron chi connectivity index (χ1n) is 8.55. The summed E-state index contributed by atoms with van der Waals surface area (Å²) in [4.78, 5) is 50.4. The Hall–Kier alpha value is -2.81. The largest absolute Gasteiger partial charge is 0.371 e. The summed E-state index contributed by atoms with van der Waals surface area (Å²) < 4.78 is 14.4. The Kier molecular flexibility index (Phi) is 6.62. The van der Waals surface area contributed by atoms with Crippen LogP contribution >= 0.6 is 0 Å². The van der Waals surface area contributed by atoms with E-state index in [-0.39, 0.29) is 35.6 Å². The third-order valence-corrected chi connectivity index (χ3v) is 4.58. The number of likely N-dealkylation sites (N-methyl/N-ethyl adjacent to an activating group) is 3. The SMILES string of the molecule is CNCCN(C)c1cc(C(=O)N(C)C2CCC(=O)NC2=O)c(C=O)cc1F. The number of piperidine rings is 1. The fourth-order valence-electron chi connectivity index (χ4n) is 2.94. The molecular formula is C18H23FN4O4. The minimum absolute atomic E-state index is 0.00454. The zero-order chi connectivity index (χ0) is 20.1. The highest BCUT2D eigenvalue weighted by molar-refractivity contribution is 6.06. The van der Waals surface area contributed by atoms with Gasteiger partial charge in [0, 0.05) is 39.2 Å². The van der Waals surface area contributed by atoms with Crippen LogP contribution in [0.4, 0.5) is 10.1 Å². The van der Waals surface area contributed by atoms with Crippen molar-refractivity contribution in [3.63, 3.8) is 0 Å². The van der Waals surface area contributed by atoms with Gasteiger partial charge in [-0.25, -0.2) is 4.39 Å². The number of nitrogens with zero attached hydrogens (tertiary/aromatic N) is 2. The van der Waals surface area contributed by atoms with Gasteiger partial charge >= 0.3 is 0 Å². The highest BCUT2D eigenvalue weighted by Gasteiger charge is 2.33. The van der Waals surface area contributed by atoms with Gasteiger partial charge in [0.25, 0.3) is 5.91 Å². The molecule has 0 aliphatic carbocycles. The number of hydrogen-bond donors (Lipinski definition) is 2. The van der Waals surface area contributed by atoms with Crippen LogP contribution in [0.15, 0.2) is 12.1 Å². The van der Waals surface area contributed by atoms with E-state index in [9.17, 15) is 23.6 Å². The lowest BCUT2D eigenvalue weighted by Crippen LogP contribution is -2.53. The quantitative estimate of drug-likeness (QED) is 0.519. The molecule has 9 heteroatoms. The lowest BCUT2D eigenvalue weighted by Gasteiger charge is -2.30. The molecule has 146 valence electrons. The summed E-state index contributed by atoms with van der Waals surface area (Å²) >= 11 is 0. The number of nitrogens with one attached hydrogen (secondary N) is 2. The van der Waals surface area contributed by atoms with E-state index in [0.29, 0.717) is 19.4 Å². The molecule has 2 rings (SSSR count). The maximum atomic E-state index is 14.4. The molecule has 27 heavy (non-hydrogen) atoms. The number of anilines is 1. The molecule has 0 radical (unpaired) electrons. The van der Waals surface area contributed by atoms with Gasteiger partial charge in [-0.2, -0.15) is 0 Å². The minimum Gasteiger partial charge on any atom is -0.371 e. The molecule has 1 unspecified atom stereocenters. The second kappa shape index (κ2) is 8.72. The van der Waals surface area contributed by atoms with E-state index in [0.717, 1.165) is 6.07 Å². The number of hydrogen-bond acceptors (Lipinski definition) is 6. The highest BCUT2D eigenvalue weighted by atomic mass is 19.1. The molecule has 1 aromatic rings. The number of carbonyl (C=O) groups excluding carboxylic acids is 4. The van der Waals surface area contributed by atoms with E-state index in [1.165, 1.54) is 18.0 Å². The van der Waals surface area contributed by atoms with Crippen LogP contribution in [0.5, 0.6) is 0 Å². The van der Waals surface area contributed by atoms with Gasteiger partial charge in [0.2, 0.25) is 11.8 Å². The number of imide groups is 1. The zero-order valence-electron chi connectivity index (χ0n) is 15.5. The van der Waals surface area contributed by atoms with E-state index >= 15 is 0 Å². The summed E-state index contributed by atoms with van der Waals surface area (Å²) in [5.74, 6) is -2.16. The van der Waals surface area contributed by atoms with E-state index in [1.54, 1.807) is 19.0 Å². The maximum absolute atomic E-state index is 14.4. The van der Waals surface area contributed by atoms with Crippen LogP contribution in [0.25, 0.3) is 0 Å². The smallest absolute Gasteiger partial charge is 0.255 e. The number of aldehydes is 1. The van der Waals surface area contributed by atoms with Gasteiger partial charge in [-0.05, 0) is 25.6 Å². The summed E-state index contributed by atoms with van der Waals surface area (Å²) in [5, 5.41) is 5.14. The molecular weight excluding hydrogens is 355 g/mol. The lowest BCUT2D eigenvalue weighted by molar-refractivity contribution is -0.136. The van der Waals surface area contributed by atoms with Crippen LogP contribution < -0.4 is 15.5 Å². The summed E-state index contributed by atoms with van der Waals surface area (Å²) in [7, 11) is 4.86. The molecule has 0 saturated carbocycles. The Morgan fingerprint density at radius 1 is 1.37 bits per heavy atom.